The summed E-state index contributed by atoms with van der Waals surface area (Å²) in [5.74, 6) is 0.0110. The number of carbonyl (C=O) groups is 1. The van der Waals surface area contributed by atoms with Gasteiger partial charge in [0, 0.05) is 16.6 Å². The summed E-state index contributed by atoms with van der Waals surface area (Å²) < 4.78 is 0. The number of benzene rings is 1. The number of rotatable bonds is 6. The van der Waals surface area contributed by atoms with E-state index in [1.54, 1.807) is 18.2 Å². The van der Waals surface area contributed by atoms with Crippen molar-refractivity contribution in [3.8, 4) is 0 Å². The fourth-order valence-corrected chi connectivity index (χ4v) is 2.46. The Kier molecular flexibility index (Phi) is 6.13. The first-order valence-electron chi connectivity index (χ1n) is 6.18. The molecule has 0 radical (unpaired) electrons. The molecule has 2 nitrogen and oxygen atoms in total. The van der Waals surface area contributed by atoms with Crippen LogP contribution in [0.25, 0.3) is 0 Å². The summed E-state index contributed by atoms with van der Waals surface area (Å²) in [4.78, 5) is 14.2. The van der Waals surface area contributed by atoms with Crippen LogP contribution in [0.15, 0.2) is 18.2 Å². The Morgan fingerprint density at radius 2 is 1.89 bits per heavy atom. The van der Waals surface area contributed by atoms with E-state index in [1.807, 2.05) is 7.05 Å². The van der Waals surface area contributed by atoms with Crippen LogP contribution in [0.3, 0.4) is 0 Å². The van der Waals surface area contributed by atoms with Crippen molar-refractivity contribution in [3.05, 3.63) is 33.8 Å². The quantitative estimate of drug-likeness (QED) is 0.727. The minimum absolute atomic E-state index is 0.0110. The van der Waals surface area contributed by atoms with Crippen LogP contribution in [0.1, 0.15) is 37.0 Å². The van der Waals surface area contributed by atoms with Crippen molar-refractivity contribution in [1.29, 1.82) is 0 Å². The zero-order chi connectivity index (χ0) is 13.7. The van der Waals surface area contributed by atoms with E-state index in [9.17, 15) is 4.79 Å². The van der Waals surface area contributed by atoms with Crippen LogP contribution in [0, 0.1) is 0 Å². The van der Waals surface area contributed by atoms with Gasteiger partial charge in [-0.1, -0.05) is 37.0 Å². The van der Waals surface area contributed by atoms with Gasteiger partial charge >= 0.3 is 0 Å². The summed E-state index contributed by atoms with van der Waals surface area (Å²) in [5.41, 5.74) is 0.502. The lowest BCUT2D eigenvalue weighted by Crippen LogP contribution is -2.35. The predicted molar refractivity (Wildman–Crippen MR) is 77.8 cm³/mol. The topological polar surface area (TPSA) is 20.3 Å². The van der Waals surface area contributed by atoms with Crippen molar-refractivity contribution in [2.75, 3.05) is 13.6 Å². The highest BCUT2D eigenvalue weighted by atomic mass is 35.5. The second kappa shape index (κ2) is 7.13. The van der Waals surface area contributed by atoms with Crippen molar-refractivity contribution in [2.45, 2.75) is 32.7 Å². The molecule has 1 aromatic carbocycles. The van der Waals surface area contributed by atoms with Crippen molar-refractivity contribution in [2.24, 2.45) is 0 Å². The number of likely N-dealkylation sites (N-methyl/N-ethyl adjacent to an activating group) is 1. The molecule has 0 heterocycles. The van der Waals surface area contributed by atoms with Gasteiger partial charge < -0.3 is 0 Å². The molecule has 0 amide bonds. The molecule has 100 valence electrons. The molecule has 0 aliphatic rings. The molecule has 0 N–H and O–H groups in total. The molecule has 0 saturated heterocycles. The standard InChI is InChI=1S/C14H19Cl2NO/c1-4-11(5-2)17(3)9-14(18)12-8-10(15)6-7-13(12)16/h6-8,11H,4-5,9H2,1-3H3. The summed E-state index contributed by atoms with van der Waals surface area (Å²) in [7, 11) is 1.97. The van der Waals surface area contributed by atoms with Crippen LogP contribution >= 0.6 is 23.2 Å². The minimum Gasteiger partial charge on any atom is -0.296 e. The van der Waals surface area contributed by atoms with Crippen molar-refractivity contribution in [3.63, 3.8) is 0 Å². The number of Topliss-reactive ketones (excluding diaryl/α,β-unsaturated/α-hetero) is 1. The first-order chi connectivity index (χ1) is 8.49. The van der Waals surface area contributed by atoms with Gasteiger partial charge in [0.15, 0.2) is 5.78 Å². The van der Waals surface area contributed by atoms with Crippen LogP contribution in [0.5, 0.6) is 0 Å². The van der Waals surface area contributed by atoms with E-state index in [2.05, 4.69) is 18.7 Å². The lowest BCUT2D eigenvalue weighted by atomic mass is 10.1. The normalized spacial score (nSPS) is 11.3. The number of hydrogen-bond donors (Lipinski definition) is 0. The molecule has 0 bridgehead atoms. The van der Waals surface area contributed by atoms with Gasteiger partial charge in [0.25, 0.3) is 0 Å². The minimum atomic E-state index is 0.0110. The Morgan fingerprint density at radius 3 is 2.44 bits per heavy atom. The molecular formula is C14H19Cl2NO. The van der Waals surface area contributed by atoms with Crippen molar-refractivity contribution >= 4 is 29.0 Å². The average molecular weight is 288 g/mol. The number of nitrogens with zero attached hydrogens (tertiary/aromatic N) is 1. The molecule has 0 fully saturated rings. The molecular weight excluding hydrogens is 269 g/mol. The number of carbonyl (C=O) groups excluding carboxylic acids is 1. The van der Waals surface area contributed by atoms with Gasteiger partial charge in [0.1, 0.15) is 0 Å². The molecule has 1 rings (SSSR count). The molecule has 0 spiro atoms. The van der Waals surface area contributed by atoms with E-state index in [1.165, 1.54) is 0 Å². The van der Waals surface area contributed by atoms with Gasteiger partial charge in [-0.25, -0.2) is 0 Å². The van der Waals surface area contributed by atoms with Gasteiger partial charge in [-0.15, -0.1) is 0 Å². The molecule has 0 unspecified atom stereocenters. The fourth-order valence-electron chi connectivity index (χ4n) is 2.06. The van der Waals surface area contributed by atoms with E-state index in [4.69, 9.17) is 23.2 Å². The van der Waals surface area contributed by atoms with Gasteiger partial charge in [-0.2, -0.15) is 0 Å². The third kappa shape index (κ3) is 3.98. The highest BCUT2D eigenvalue weighted by Gasteiger charge is 2.17. The molecule has 18 heavy (non-hydrogen) atoms. The lowest BCUT2D eigenvalue weighted by molar-refractivity contribution is 0.0915. The third-order valence-corrected chi connectivity index (χ3v) is 3.75. The highest BCUT2D eigenvalue weighted by Crippen LogP contribution is 2.21. The van der Waals surface area contributed by atoms with E-state index in [0.29, 0.717) is 28.2 Å². The monoisotopic (exact) mass is 287 g/mol. The summed E-state index contributed by atoms with van der Waals surface area (Å²) in [6.45, 7) is 4.62. The van der Waals surface area contributed by atoms with Crippen LogP contribution in [-0.4, -0.2) is 30.3 Å². The Morgan fingerprint density at radius 1 is 1.28 bits per heavy atom. The van der Waals surface area contributed by atoms with Gasteiger partial charge in [0.2, 0.25) is 0 Å². The maximum Gasteiger partial charge on any atom is 0.178 e. The van der Waals surface area contributed by atoms with Crippen LogP contribution in [0.2, 0.25) is 10.0 Å². The maximum absolute atomic E-state index is 12.2. The van der Waals surface area contributed by atoms with E-state index in [0.717, 1.165) is 12.8 Å². The first-order valence-corrected chi connectivity index (χ1v) is 6.93. The molecule has 0 aliphatic carbocycles. The Bertz CT molecular complexity index is 416. The fraction of sp³-hybridized carbons (Fsp3) is 0.500. The van der Waals surface area contributed by atoms with Crippen molar-refractivity contribution < 1.29 is 4.79 Å². The molecule has 4 heteroatoms. The second-order valence-electron chi connectivity index (χ2n) is 4.43. The Hall–Kier alpha value is -0.570. The van der Waals surface area contributed by atoms with Crippen LogP contribution in [0.4, 0.5) is 0 Å². The molecule has 0 aromatic heterocycles. The maximum atomic E-state index is 12.2. The summed E-state index contributed by atoms with van der Waals surface area (Å²) in [6.07, 6.45) is 2.06. The highest BCUT2D eigenvalue weighted by molar-refractivity contribution is 6.36. The number of ketones is 1. The number of hydrogen-bond acceptors (Lipinski definition) is 2. The Balaban J connectivity index is 2.79. The predicted octanol–water partition coefficient (Wildman–Crippen LogP) is 4.30. The van der Waals surface area contributed by atoms with Crippen LogP contribution in [-0.2, 0) is 0 Å². The molecule has 1 aromatic rings. The largest absolute Gasteiger partial charge is 0.296 e. The summed E-state index contributed by atoms with van der Waals surface area (Å²) in [6, 6.07) is 5.40. The van der Waals surface area contributed by atoms with Crippen LogP contribution < -0.4 is 0 Å². The number of halogens is 2. The summed E-state index contributed by atoms with van der Waals surface area (Å²) in [5, 5.41) is 0.996. The zero-order valence-corrected chi connectivity index (χ0v) is 12.6. The van der Waals surface area contributed by atoms with Gasteiger partial charge in [-0.05, 0) is 38.1 Å². The molecule has 0 aliphatic heterocycles. The van der Waals surface area contributed by atoms with Gasteiger partial charge in [0.05, 0.1) is 11.6 Å². The second-order valence-corrected chi connectivity index (χ2v) is 5.28. The Labute approximate surface area is 119 Å². The SMILES string of the molecule is CCC(CC)N(C)CC(=O)c1cc(Cl)ccc1Cl. The molecule has 0 atom stereocenters. The lowest BCUT2D eigenvalue weighted by Gasteiger charge is -2.25. The van der Waals surface area contributed by atoms with E-state index < -0.39 is 0 Å². The third-order valence-electron chi connectivity index (χ3n) is 3.19. The molecule has 0 saturated carbocycles. The van der Waals surface area contributed by atoms with E-state index >= 15 is 0 Å². The zero-order valence-electron chi connectivity index (χ0n) is 11.0. The van der Waals surface area contributed by atoms with Crippen molar-refractivity contribution in [1.82, 2.24) is 4.90 Å². The van der Waals surface area contributed by atoms with Gasteiger partial charge in [-0.3, -0.25) is 9.69 Å². The summed E-state index contributed by atoms with van der Waals surface area (Å²) >= 11 is 11.9. The first kappa shape index (κ1) is 15.5. The van der Waals surface area contributed by atoms with E-state index in [-0.39, 0.29) is 5.78 Å². The average Bonchev–Trinajstić information content (AvgIpc) is 2.33. The smallest absolute Gasteiger partial charge is 0.178 e.